The highest BCUT2D eigenvalue weighted by Crippen LogP contribution is 2.34. The zero-order valence-electron chi connectivity index (χ0n) is 16.8. The van der Waals surface area contributed by atoms with E-state index in [1.807, 2.05) is 35.6 Å². The van der Waals surface area contributed by atoms with Gasteiger partial charge in [0.2, 0.25) is 0 Å². The summed E-state index contributed by atoms with van der Waals surface area (Å²) in [5, 5.41) is 13.4. The lowest BCUT2D eigenvalue weighted by molar-refractivity contribution is 0.585. The molecule has 2 aromatic heterocycles. The molecule has 2 aromatic carbocycles. The van der Waals surface area contributed by atoms with Gasteiger partial charge in [0.05, 0.1) is 16.6 Å². The standard InChI is InChI=1S/C24H23FN4/c1-15(2)8-13-19-16(3)20(14-26)24-28-21-6-4-5-7-22(21)29(24)23(19)27-18-11-9-17(25)10-12-18/h4-7,9-12,15,27H,8,13H2,1-3H3. The zero-order chi connectivity index (χ0) is 20.5. The van der Waals surface area contributed by atoms with Crippen LogP contribution in [0.25, 0.3) is 16.7 Å². The number of aromatic nitrogens is 2. The maximum atomic E-state index is 13.4. The molecular weight excluding hydrogens is 363 g/mol. The van der Waals surface area contributed by atoms with Crippen LogP contribution in [0.4, 0.5) is 15.9 Å². The van der Waals surface area contributed by atoms with E-state index in [0.29, 0.717) is 17.1 Å². The number of rotatable bonds is 5. The molecule has 4 nitrogen and oxygen atoms in total. The van der Waals surface area contributed by atoms with Gasteiger partial charge in [0.1, 0.15) is 17.7 Å². The largest absolute Gasteiger partial charge is 0.341 e. The van der Waals surface area contributed by atoms with Crippen molar-refractivity contribution in [3.63, 3.8) is 0 Å². The summed E-state index contributed by atoms with van der Waals surface area (Å²) >= 11 is 0. The minimum absolute atomic E-state index is 0.273. The van der Waals surface area contributed by atoms with Crippen LogP contribution < -0.4 is 5.32 Å². The first-order valence-electron chi connectivity index (χ1n) is 9.85. The Labute approximate surface area is 169 Å². The second-order valence-corrected chi connectivity index (χ2v) is 7.76. The van der Waals surface area contributed by atoms with Crippen LogP contribution >= 0.6 is 0 Å². The molecule has 0 fully saturated rings. The van der Waals surface area contributed by atoms with Crippen LogP contribution in [0.1, 0.15) is 37.0 Å². The van der Waals surface area contributed by atoms with E-state index in [2.05, 4.69) is 25.2 Å². The number of pyridine rings is 1. The van der Waals surface area contributed by atoms with Gasteiger partial charge in [0, 0.05) is 5.69 Å². The number of nitrogens with zero attached hydrogens (tertiary/aromatic N) is 3. The Bertz CT molecular complexity index is 1230. The summed E-state index contributed by atoms with van der Waals surface area (Å²) in [6.07, 6.45) is 1.84. The Kier molecular flexibility index (Phi) is 4.94. The van der Waals surface area contributed by atoms with E-state index in [1.165, 1.54) is 12.1 Å². The van der Waals surface area contributed by atoms with Gasteiger partial charge in [0.15, 0.2) is 5.65 Å². The molecule has 0 aliphatic rings. The van der Waals surface area contributed by atoms with E-state index >= 15 is 0 Å². The van der Waals surface area contributed by atoms with Crippen LogP contribution in [-0.4, -0.2) is 9.38 Å². The highest BCUT2D eigenvalue weighted by atomic mass is 19.1. The summed E-state index contributed by atoms with van der Waals surface area (Å²) in [7, 11) is 0. The third kappa shape index (κ3) is 3.42. The predicted octanol–water partition coefficient (Wildman–Crippen LogP) is 6.14. The first-order valence-corrected chi connectivity index (χ1v) is 9.85. The van der Waals surface area contributed by atoms with Crippen LogP contribution in [0.15, 0.2) is 48.5 Å². The maximum absolute atomic E-state index is 13.4. The summed E-state index contributed by atoms with van der Waals surface area (Å²) in [6.45, 7) is 6.38. The lowest BCUT2D eigenvalue weighted by atomic mass is 9.96. The smallest absolute Gasteiger partial charge is 0.157 e. The fourth-order valence-electron chi connectivity index (χ4n) is 3.73. The molecule has 0 saturated carbocycles. The van der Waals surface area contributed by atoms with Crippen molar-refractivity contribution in [3.05, 3.63) is 71.0 Å². The highest BCUT2D eigenvalue weighted by molar-refractivity contribution is 5.87. The number of fused-ring (bicyclic) bond motifs is 3. The molecule has 29 heavy (non-hydrogen) atoms. The highest BCUT2D eigenvalue weighted by Gasteiger charge is 2.21. The summed E-state index contributed by atoms with van der Waals surface area (Å²) < 4.78 is 15.4. The second-order valence-electron chi connectivity index (χ2n) is 7.76. The zero-order valence-corrected chi connectivity index (χ0v) is 16.8. The van der Waals surface area contributed by atoms with Crippen molar-refractivity contribution in [2.75, 3.05) is 5.32 Å². The molecule has 0 saturated heterocycles. The van der Waals surface area contributed by atoms with Gasteiger partial charge >= 0.3 is 0 Å². The monoisotopic (exact) mass is 386 g/mol. The van der Waals surface area contributed by atoms with E-state index < -0.39 is 0 Å². The maximum Gasteiger partial charge on any atom is 0.157 e. The van der Waals surface area contributed by atoms with E-state index in [1.54, 1.807) is 12.1 Å². The van der Waals surface area contributed by atoms with Crippen molar-refractivity contribution >= 4 is 28.2 Å². The lowest BCUT2D eigenvalue weighted by Crippen LogP contribution is -2.09. The Morgan fingerprint density at radius 3 is 2.55 bits per heavy atom. The molecule has 4 aromatic rings. The van der Waals surface area contributed by atoms with Crippen LogP contribution in [0, 0.1) is 30.0 Å². The van der Waals surface area contributed by atoms with Crippen molar-refractivity contribution in [3.8, 4) is 6.07 Å². The summed E-state index contributed by atoms with van der Waals surface area (Å²) in [6, 6.07) is 16.6. The fraction of sp³-hybridized carbons (Fsp3) is 0.250. The van der Waals surface area contributed by atoms with Gasteiger partial charge in [-0.25, -0.2) is 9.37 Å². The molecule has 0 aliphatic heterocycles. The Hall–Kier alpha value is -3.39. The molecule has 0 amide bonds. The normalized spacial score (nSPS) is 11.3. The Balaban J connectivity index is 2.03. The summed E-state index contributed by atoms with van der Waals surface area (Å²) in [5.41, 5.74) is 5.85. The van der Waals surface area contributed by atoms with E-state index in [-0.39, 0.29) is 5.82 Å². The Morgan fingerprint density at radius 1 is 1.14 bits per heavy atom. The van der Waals surface area contributed by atoms with Crippen LogP contribution in [0.3, 0.4) is 0 Å². The lowest BCUT2D eigenvalue weighted by Gasteiger charge is -2.19. The SMILES string of the molecule is Cc1c(CCC(C)C)c(Nc2ccc(F)cc2)n2c(nc3ccccc32)c1C#N. The van der Waals surface area contributed by atoms with Crippen molar-refractivity contribution in [2.24, 2.45) is 5.92 Å². The average Bonchev–Trinajstić information content (AvgIpc) is 3.08. The van der Waals surface area contributed by atoms with Gasteiger partial charge in [-0.05, 0) is 73.2 Å². The first kappa shape index (κ1) is 18.9. The predicted molar refractivity (Wildman–Crippen MR) is 115 cm³/mol. The summed E-state index contributed by atoms with van der Waals surface area (Å²) in [4.78, 5) is 4.74. The van der Waals surface area contributed by atoms with Gasteiger partial charge in [-0.1, -0.05) is 26.0 Å². The van der Waals surface area contributed by atoms with Crippen LogP contribution in [0.2, 0.25) is 0 Å². The van der Waals surface area contributed by atoms with Crippen molar-refractivity contribution in [1.82, 2.24) is 9.38 Å². The molecule has 146 valence electrons. The minimum Gasteiger partial charge on any atom is -0.341 e. The Morgan fingerprint density at radius 2 is 1.86 bits per heavy atom. The number of benzene rings is 2. The number of imidazole rings is 1. The topological polar surface area (TPSA) is 53.1 Å². The molecule has 5 heteroatoms. The molecule has 0 unspecified atom stereocenters. The molecule has 2 heterocycles. The van der Waals surface area contributed by atoms with E-state index in [4.69, 9.17) is 4.98 Å². The molecule has 4 rings (SSSR count). The van der Waals surface area contributed by atoms with Crippen molar-refractivity contribution < 1.29 is 4.39 Å². The number of para-hydroxylation sites is 2. The molecular formula is C24H23FN4. The molecule has 0 spiro atoms. The first-order chi connectivity index (χ1) is 14.0. The number of hydrogen-bond acceptors (Lipinski definition) is 3. The number of nitriles is 1. The van der Waals surface area contributed by atoms with E-state index in [9.17, 15) is 9.65 Å². The van der Waals surface area contributed by atoms with Gasteiger partial charge in [-0.2, -0.15) is 5.26 Å². The number of halogens is 1. The quantitative estimate of drug-likeness (QED) is 0.448. The van der Waals surface area contributed by atoms with E-state index in [0.717, 1.165) is 46.5 Å². The van der Waals surface area contributed by atoms with Gasteiger partial charge in [0.25, 0.3) is 0 Å². The van der Waals surface area contributed by atoms with Crippen LogP contribution in [-0.2, 0) is 6.42 Å². The second kappa shape index (κ2) is 7.56. The number of nitrogens with one attached hydrogen (secondary N) is 1. The molecule has 1 N–H and O–H groups in total. The number of anilines is 2. The van der Waals surface area contributed by atoms with Gasteiger partial charge < -0.3 is 5.32 Å². The average molecular weight is 386 g/mol. The molecule has 0 bridgehead atoms. The third-order valence-corrected chi connectivity index (χ3v) is 5.31. The van der Waals surface area contributed by atoms with Gasteiger partial charge in [-0.15, -0.1) is 0 Å². The molecule has 0 aliphatic carbocycles. The summed E-state index contributed by atoms with van der Waals surface area (Å²) in [5.74, 6) is 1.15. The minimum atomic E-state index is -0.273. The van der Waals surface area contributed by atoms with Crippen LogP contribution in [0.5, 0.6) is 0 Å². The number of hydrogen-bond donors (Lipinski definition) is 1. The van der Waals surface area contributed by atoms with Crippen molar-refractivity contribution in [2.45, 2.75) is 33.6 Å². The molecule has 0 atom stereocenters. The van der Waals surface area contributed by atoms with Crippen molar-refractivity contribution in [1.29, 1.82) is 5.26 Å². The fourth-order valence-corrected chi connectivity index (χ4v) is 3.73. The van der Waals surface area contributed by atoms with Gasteiger partial charge in [-0.3, -0.25) is 4.40 Å². The molecule has 0 radical (unpaired) electrons. The third-order valence-electron chi connectivity index (χ3n) is 5.31.